The van der Waals surface area contributed by atoms with Gasteiger partial charge in [-0.25, -0.2) is 4.31 Å². The predicted octanol–water partition coefficient (Wildman–Crippen LogP) is 3.19. The van der Waals surface area contributed by atoms with E-state index in [1.807, 2.05) is 42.4 Å². The van der Waals surface area contributed by atoms with Gasteiger partial charge in [0.15, 0.2) is 0 Å². The predicted molar refractivity (Wildman–Crippen MR) is 71.1 cm³/mol. The highest BCUT2D eigenvalue weighted by molar-refractivity contribution is 7.97. The number of carboxylic acid groups (broad SMARTS) is 1. The molecule has 4 heteroatoms. The number of rotatable bonds is 5. The Hall–Kier alpha value is -1.00. The summed E-state index contributed by atoms with van der Waals surface area (Å²) in [4.78, 5) is 12.3. The summed E-state index contributed by atoms with van der Waals surface area (Å²) in [7, 11) is 0. The maximum Gasteiger partial charge on any atom is 0.324 e. The molecular weight excluding hydrogens is 234 g/mol. The molecular formula is C13H19NO2S. The van der Waals surface area contributed by atoms with Crippen LogP contribution in [0.15, 0.2) is 29.2 Å². The number of aryl methyl sites for hydroxylation is 1. The number of likely N-dealkylation sites (N-methyl/N-ethyl adjacent to an activating group) is 1. The van der Waals surface area contributed by atoms with Crippen molar-refractivity contribution in [3.63, 3.8) is 0 Å². The van der Waals surface area contributed by atoms with Crippen LogP contribution in [-0.2, 0) is 4.79 Å². The standard InChI is InChI=1S/C13H19NO2S/c1-5-14(13(3,4)12(15)16)17-11-9-7-6-8-10(11)2/h6-9H,5H2,1-4H3,(H,15,16). The number of hydrogen-bond donors (Lipinski definition) is 1. The summed E-state index contributed by atoms with van der Waals surface area (Å²) in [5.74, 6) is -0.805. The molecule has 0 atom stereocenters. The minimum Gasteiger partial charge on any atom is -0.480 e. The molecule has 0 bridgehead atoms. The van der Waals surface area contributed by atoms with Gasteiger partial charge in [-0.15, -0.1) is 0 Å². The largest absolute Gasteiger partial charge is 0.480 e. The van der Waals surface area contributed by atoms with E-state index in [0.29, 0.717) is 6.54 Å². The van der Waals surface area contributed by atoms with Gasteiger partial charge in [-0.1, -0.05) is 25.1 Å². The molecule has 1 rings (SSSR count). The molecule has 0 amide bonds. The van der Waals surface area contributed by atoms with Gasteiger partial charge in [-0.3, -0.25) is 4.79 Å². The molecule has 0 aliphatic heterocycles. The van der Waals surface area contributed by atoms with Crippen molar-refractivity contribution >= 4 is 17.9 Å². The molecule has 0 unspecified atom stereocenters. The highest BCUT2D eigenvalue weighted by atomic mass is 32.2. The van der Waals surface area contributed by atoms with E-state index in [1.165, 1.54) is 11.9 Å². The summed E-state index contributed by atoms with van der Waals surface area (Å²) in [6.07, 6.45) is 0. The van der Waals surface area contributed by atoms with Crippen molar-refractivity contribution in [2.75, 3.05) is 6.54 Å². The molecule has 0 aliphatic rings. The van der Waals surface area contributed by atoms with E-state index in [1.54, 1.807) is 13.8 Å². The SMILES string of the molecule is CCN(Sc1ccccc1C)C(C)(C)C(=O)O. The van der Waals surface area contributed by atoms with Crippen molar-refractivity contribution in [2.24, 2.45) is 0 Å². The molecule has 17 heavy (non-hydrogen) atoms. The van der Waals surface area contributed by atoms with Crippen molar-refractivity contribution < 1.29 is 9.90 Å². The van der Waals surface area contributed by atoms with E-state index in [-0.39, 0.29) is 0 Å². The van der Waals surface area contributed by atoms with Gasteiger partial charge in [0.2, 0.25) is 0 Å². The number of carbonyl (C=O) groups is 1. The normalized spacial score (nSPS) is 11.8. The third-order valence-electron chi connectivity index (χ3n) is 2.74. The fraction of sp³-hybridized carbons (Fsp3) is 0.462. The lowest BCUT2D eigenvalue weighted by atomic mass is 10.1. The van der Waals surface area contributed by atoms with Crippen LogP contribution < -0.4 is 0 Å². The molecule has 0 radical (unpaired) electrons. The first-order valence-electron chi connectivity index (χ1n) is 5.64. The summed E-state index contributed by atoms with van der Waals surface area (Å²) in [5, 5.41) is 9.24. The number of aliphatic carboxylic acids is 1. The van der Waals surface area contributed by atoms with Crippen LogP contribution >= 0.6 is 11.9 Å². The minimum absolute atomic E-state index is 0.679. The Kier molecular flexibility index (Phi) is 4.60. The molecule has 0 saturated heterocycles. The molecule has 0 saturated carbocycles. The first-order valence-corrected chi connectivity index (χ1v) is 6.41. The minimum atomic E-state index is -0.873. The Balaban J connectivity index is 2.92. The lowest BCUT2D eigenvalue weighted by molar-refractivity contribution is -0.146. The molecule has 94 valence electrons. The third-order valence-corrected chi connectivity index (χ3v) is 4.33. The topological polar surface area (TPSA) is 40.5 Å². The fourth-order valence-electron chi connectivity index (χ4n) is 1.46. The van der Waals surface area contributed by atoms with E-state index in [9.17, 15) is 9.90 Å². The zero-order chi connectivity index (χ0) is 13.1. The molecule has 0 aromatic heterocycles. The third kappa shape index (κ3) is 3.23. The van der Waals surface area contributed by atoms with E-state index in [4.69, 9.17) is 0 Å². The van der Waals surface area contributed by atoms with Crippen LogP contribution in [0.2, 0.25) is 0 Å². The van der Waals surface area contributed by atoms with Gasteiger partial charge in [0, 0.05) is 11.4 Å². The van der Waals surface area contributed by atoms with Crippen LogP contribution in [0.25, 0.3) is 0 Å². The van der Waals surface area contributed by atoms with Crippen molar-refractivity contribution in [3.05, 3.63) is 29.8 Å². The Morgan fingerprint density at radius 3 is 2.47 bits per heavy atom. The average molecular weight is 253 g/mol. The van der Waals surface area contributed by atoms with Crippen LogP contribution in [0.3, 0.4) is 0 Å². The van der Waals surface area contributed by atoms with Gasteiger partial charge >= 0.3 is 5.97 Å². The lowest BCUT2D eigenvalue weighted by Crippen LogP contribution is -2.46. The van der Waals surface area contributed by atoms with Crippen molar-refractivity contribution in [3.8, 4) is 0 Å². The quantitative estimate of drug-likeness (QED) is 0.818. The molecule has 0 aliphatic carbocycles. The van der Waals surface area contributed by atoms with Crippen LogP contribution in [0.1, 0.15) is 26.3 Å². The smallest absolute Gasteiger partial charge is 0.324 e. The summed E-state index contributed by atoms with van der Waals surface area (Å²) >= 11 is 1.50. The molecule has 1 aromatic carbocycles. The van der Waals surface area contributed by atoms with Crippen LogP contribution in [-0.4, -0.2) is 27.5 Å². The average Bonchev–Trinajstić information content (AvgIpc) is 2.27. The number of carboxylic acids is 1. The maximum atomic E-state index is 11.2. The Bertz CT molecular complexity index is 404. The van der Waals surface area contributed by atoms with Crippen LogP contribution in [0.5, 0.6) is 0 Å². The first kappa shape index (κ1) is 14.1. The molecule has 0 fully saturated rings. The zero-order valence-electron chi connectivity index (χ0n) is 10.7. The van der Waals surface area contributed by atoms with Crippen LogP contribution in [0, 0.1) is 6.92 Å². The van der Waals surface area contributed by atoms with Gasteiger partial charge in [0.1, 0.15) is 5.54 Å². The molecule has 1 N–H and O–H groups in total. The van der Waals surface area contributed by atoms with Gasteiger partial charge in [-0.2, -0.15) is 0 Å². The van der Waals surface area contributed by atoms with Crippen molar-refractivity contribution in [1.29, 1.82) is 0 Å². The number of nitrogens with zero attached hydrogens (tertiary/aromatic N) is 1. The number of benzene rings is 1. The lowest BCUT2D eigenvalue weighted by Gasteiger charge is -2.33. The molecule has 0 heterocycles. The van der Waals surface area contributed by atoms with Gasteiger partial charge < -0.3 is 5.11 Å². The van der Waals surface area contributed by atoms with Gasteiger partial charge in [-0.05, 0) is 44.3 Å². The summed E-state index contributed by atoms with van der Waals surface area (Å²) < 4.78 is 1.89. The van der Waals surface area contributed by atoms with E-state index in [2.05, 4.69) is 0 Å². The highest BCUT2D eigenvalue weighted by Gasteiger charge is 2.34. The highest BCUT2D eigenvalue weighted by Crippen LogP contribution is 2.31. The summed E-state index contributed by atoms with van der Waals surface area (Å²) in [6, 6.07) is 8.00. The van der Waals surface area contributed by atoms with Crippen molar-refractivity contribution in [1.82, 2.24) is 4.31 Å². The second-order valence-electron chi connectivity index (χ2n) is 4.42. The van der Waals surface area contributed by atoms with Crippen molar-refractivity contribution in [2.45, 2.75) is 38.1 Å². The van der Waals surface area contributed by atoms with E-state index in [0.717, 1.165) is 10.5 Å². The first-order chi connectivity index (χ1) is 7.89. The van der Waals surface area contributed by atoms with Gasteiger partial charge in [0.05, 0.1) is 0 Å². The zero-order valence-corrected chi connectivity index (χ0v) is 11.5. The Labute approximate surface area is 107 Å². The van der Waals surface area contributed by atoms with Crippen LogP contribution in [0.4, 0.5) is 0 Å². The second-order valence-corrected chi connectivity index (χ2v) is 5.48. The monoisotopic (exact) mass is 253 g/mol. The Morgan fingerprint density at radius 2 is 2.00 bits per heavy atom. The number of hydrogen-bond acceptors (Lipinski definition) is 3. The molecule has 0 spiro atoms. The van der Waals surface area contributed by atoms with Gasteiger partial charge in [0.25, 0.3) is 0 Å². The molecule has 1 aromatic rings. The fourth-order valence-corrected chi connectivity index (χ4v) is 2.48. The molecule has 3 nitrogen and oxygen atoms in total. The van der Waals surface area contributed by atoms with E-state index < -0.39 is 11.5 Å². The van der Waals surface area contributed by atoms with E-state index >= 15 is 0 Å². The summed E-state index contributed by atoms with van der Waals surface area (Å²) in [5.41, 5.74) is 0.291. The second kappa shape index (κ2) is 5.56. The Morgan fingerprint density at radius 1 is 1.41 bits per heavy atom. The maximum absolute atomic E-state index is 11.2. The summed E-state index contributed by atoms with van der Waals surface area (Å²) in [6.45, 7) is 8.13.